The van der Waals surface area contributed by atoms with E-state index in [4.69, 9.17) is 0 Å². The third kappa shape index (κ3) is 3.07. The lowest BCUT2D eigenvalue weighted by Gasteiger charge is -2.16. The van der Waals surface area contributed by atoms with E-state index in [0.717, 1.165) is 18.5 Å². The second kappa shape index (κ2) is 6.27. The van der Waals surface area contributed by atoms with Crippen LogP contribution < -0.4 is 0 Å². The molecule has 18 heavy (non-hydrogen) atoms. The SMILES string of the molecule is CSCC(=O)N(C)Cc1n[nH]c2c1CCCCC2. The molecule has 0 saturated carbocycles. The zero-order valence-corrected chi connectivity index (χ0v) is 12.0. The summed E-state index contributed by atoms with van der Waals surface area (Å²) in [6.07, 6.45) is 7.93. The van der Waals surface area contributed by atoms with E-state index in [-0.39, 0.29) is 5.91 Å². The van der Waals surface area contributed by atoms with Gasteiger partial charge in [-0.25, -0.2) is 0 Å². The predicted molar refractivity (Wildman–Crippen MR) is 74.7 cm³/mol. The highest BCUT2D eigenvalue weighted by Gasteiger charge is 2.18. The van der Waals surface area contributed by atoms with Crippen LogP contribution in [0.15, 0.2) is 0 Å². The molecule has 1 aliphatic rings. The summed E-state index contributed by atoms with van der Waals surface area (Å²) in [5, 5.41) is 7.55. The van der Waals surface area contributed by atoms with Gasteiger partial charge in [-0.3, -0.25) is 9.89 Å². The molecule has 0 fully saturated rings. The van der Waals surface area contributed by atoms with Crippen molar-refractivity contribution in [1.29, 1.82) is 0 Å². The summed E-state index contributed by atoms with van der Waals surface area (Å²) in [4.78, 5) is 13.5. The third-order valence-electron chi connectivity index (χ3n) is 3.47. The molecule has 1 amide bonds. The van der Waals surface area contributed by atoms with Crippen molar-refractivity contribution in [2.45, 2.75) is 38.6 Å². The van der Waals surface area contributed by atoms with Crippen LogP contribution in [-0.4, -0.2) is 40.1 Å². The number of nitrogens with one attached hydrogen (secondary N) is 1. The Kier molecular flexibility index (Phi) is 4.69. The van der Waals surface area contributed by atoms with Gasteiger partial charge in [0, 0.05) is 12.7 Å². The fraction of sp³-hybridized carbons (Fsp3) is 0.692. The number of aryl methyl sites for hydroxylation is 1. The number of thioether (sulfide) groups is 1. The minimum Gasteiger partial charge on any atom is -0.339 e. The van der Waals surface area contributed by atoms with E-state index in [1.165, 1.54) is 30.5 Å². The molecular formula is C13H21N3OS. The molecule has 100 valence electrons. The van der Waals surface area contributed by atoms with Crippen molar-refractivity contribution in [3.8, 4) is 0 Å². The number of amides is 1. The molecule has 5 heteroatoms. The van der Waals surface area contributed by atoms with Gasteiger partial charge in [-0.1, -0.05) is 6.42 Å². The third-order valence-corrected chi connectivity index (χ3v) is 4.01. The van der Waals surface area contributed by atoms with E-state index >= 15 is 0 Å². The van der Waals surface area contributed by atoms with Crippen molar-refractivity contribution in [3.63, 3.8) is 0 Å². The molecule has 0 radical (unpaired) electrons. The number of carbonyl (C=O) groups is 1. The van der Waals surface area contributed by atoms with Gasteiger partial charge in [0.25, 0.3) is 0 Å². The van der Waals surface area contributed by atoms with Crippen molar-refractivity contribution in [2.24, 2.45) is 0 Å². The molecule has 2 rings (SSSR count). The van der Waals surface area contributed by atoms with Crippen molar-refractivity contribution in [1.82, 2.24) is 15.1 Å². The van der Waals surface area contributed by atoms with Crippen LogP contribution >= 0.6 is 11.8 Å². The van der Waals surface area contributed by atoms with E-state index < -0.39 is 0 Å². The van der Waals surface area contributed by atoms with Crippen molar-refractivity contribution >= 4 is 17.7 Å². The summed E-state index contributed by atoms with van der Waals surface area (Å²) in [5.41, 5.74) is 3.70. The Balaban J connectivity index is 2.05. The van der Waals surface area contributed by atoms with Crippen molar-refractivity contribution in [2.75, 3.05) is 19.1 Å². The molecule has 1 heterocycles. The van der Waals surface area contributed by atoms with Gasteiger partial charge in [0.2, 0.25) is 5.91 Å². The van der Waals surface area contributed by atoms with Gasteiger partial charge in [-0.05, 0) is 37.5 Å². The zero-order chi connectivity index (χ0) is 13.0. The van der Waals surface area contributed by atoms with Crippen LogP contribution in [0, 0.1) is 0 Å². The summed E-state index contributed by atoms with van der Waals surface area (Å²) in [6, 6.07) is 0. The first-order valence-electron chi connectivity index (χ1n) is 6.50. The Morgan fingerprint density at radius 3 is 2.94 bits per heavy atom. The Labute approximate surface area is 113 Å². The largest absolute Gasteiger partial charge is 0.339 e. The first kappa shape index (κ1) is 13.5. The summed E-state index contributed by atoms with van der Waals surface area (Å²) < 4.78 is 0. The van der Waals surface area contributed by atoms with Crippen LogP contribution in [0.4, 0.5) is 0 Å². The molecular weight excluding hydrogens is 246 g/mol. The smallest absolute Gasteiger partial charge is 0.232 e. The van der Waals surface area contributed by atoms with Crippen LogP contribution in [0.1, 0.15) is 36.2 Å². The molecule has 1 aromatic rings. The zero-order valence-electron chi connectivity index (χ0n) is 11.2. The van der Waals surface area contributed by atoms with Gasteiger partial charge < -0.3 is 4.90 Å². The Morgan fingerprint density at radius 2 is 2.17 bits per heavy atom. The van der Waals surface area contributed by atoms with Gasteiger partial charge >= 0.3 is 0 Å². The monoisotopic (exact) mass is 267 g/mol. The van der Waals surface area contributed by atoms with Gasteiger partial charge in [0.05, 0.1) is 18.0 Å². The number of carbonyl (C=O) groups excluding carboxylic acids is 1. The molecule has 0 aliphatic heterocycles. The van der Waals surface area contributed by atoms with Crippen LogP contribution in [-0.2, 0) is 24.2 Å². The van der Waals surface area contributed by atoms with E-state index in [1.807, 2.05) is 13.3 Å². The lowest BCUT2D eigenvalue weighted by molar-refractivity contribution is -0.127. The highest BCUT2D eigenvalue weighted by molar-refractivity contribution is 7.99. The molecule has 4 nitrogen and oxygen atoms in total. The minimum atomic E-state index is 0.174. The number of rotatable bonds is 4. The minimum absolute atomic E-state index is 0.174. The van der Waals surface area contributed by atoms with Crippen molar-refractivity contribution in [3.05, 3.63) is 17.0 Å². The maximum absolute atomic E-state index is 11.8. The second-order valence-corrected chi connectivity index (χ2v) is 5.74. The van der Waals surface area contributed by atoms with Crippen LogP contribution in [0.5, 0.6) is 0 Å². The van der Waals surface area contributed by atoms with Crippen LogP contribution in [0.25, 0.3) is 0 Å². The molecule has 0 bridgehead atoms. The van der Waals surface area contributed by atoms with Gasteiger partial charge in [0.1, 0.15) is 0 Å². The normalized spacial score (nSPS) is 15.0. The van der Waals surface area contributed by atoms with Crippen LogP contribution in [0.2, 0.25) is 0 Å². The van der Waals surface area contributed by atoms with Gasteiger partial charge in [-0.2, -0.15) is 16.9 Å². The van der Waals surface area contributed by atoms with Crippen LogP contribution in [0.3, 0.4) is 0 Å². The number of hydrogen-bond acceptors (Lipinski definition) is 3. The Bertz CT molecular complexity index is 416. The van der Waals surface area contributed by atoms with E-state index in [9.17, 15) is 4.79 Å². The average Bonchev–Trinajstić information content (AvgIpc) is 2.60. The maximum Gasteiger partial charge on any atom is 0.232 e. The molecule has 1 N–H and O–H groups in total. The number of nitrogens with zero attached hydrogens (tertiary/aromatic N) is 2. The van der Waals surface area contributed by atoms with E-state index in [2.05, 4.69) is 10.2 Å². The van der Waals surface area contributed by atoms with E-state index in [1.54, 1.807) is 16.7 Å². The first-order valence-corrected chi connectivity index (χ1v) is 7.89. The van der Waals surface area contributed by atoms with E-state index in [0.29, 0.717) is 12.3 Å². The summed E-state index contributed by atoms with van der Waals surface area (Å²) in [7, 11) is 1.86. The highest BCUT2D eigenvalue weighted by Crippen LogP contribution is 2.22. The number of aromatic nitrogens is 2. The number of aromatic amines is 1. The standard InChI is InChI=1S/C13H21N3OS/c1-16(13(17)9-18-2)8-12-10-6-4-3-5-7-11(10)14-15-12/h3-9H2,1-2H3,(H,14,15). The van der Waals surface area contributed by atoms with Gasteiger partial charge in [0.15, 0.2) is 0 Å². The topological polar surface area (TPSA) is 49.0 Å². The molecule has 1 aliphatic carbocycles. The molecule has 0 aromatic carbocycles. The first-order chi connectivity index (χ1) is 8.72. The fourth-order valence-electron chi connectivity index (χ4n) is 2.40. The number of H-pyrrole nitrogens is 1. The predicted octanol–water partition coefficient (Wildman–Crippen LogP) is 2.00. The second-order valence-electron chi connectivity index (χ2n) is 4.87. The highest BCUT2D eigenvalue weighted by atomic mass is 32.2. The lowest BCUT2D eigenvalue weighted by Crippen LogP contribution is -2.28. The summed E-state index contributed by atoms with van der Waals surface area (Å²) >= 11 is 1.56. The summed E-state index contributed by atoms with van der Waals surface area (Å²) in [5.74, 6) is 0.719. The maximum atomic E-state index is 11.8. The summed E-state index contributed by atoms with van der Waals surface area (Å²) in [6.45, 7) is 0.630. The molecule has 0 unspecified atom stereocenters. The van der Waals surface area contributed by atoms with Crippen molar-refractivity contribution < 1.29 is 4.79 Å². The average molecular weight is 267 g/mol. The quantitative estimate of drug-likeness (QED) is 0.849. The molecule has 0 spiro atoms. The number of fused-ring (bicyclic) bond motifs is 1. The Morgan fingerprint density at radius 1 is 1.39 bits per heavy atom. The Hall–Kier alpha value is -0.970. The fourth-order valence-corrected chi connectivity index (χ4v) is 2.87. The lowest BCUT2D eigenvalue weighted by atomic mass is 10.1. The van der Waals surface area contributed by atoms with Gasteiger partial charge in [-0.15, -0.1) is 0 Å². The number of hydrogen-bond donors (Lipinski definition) is 1. The molecule has 0 saturated heterocycles. The molecule has 1 aromatic heterocycles. The molecule has 0 atom stereocenters.